The predicted octanol–water partition coefficient (Wildman–Crippen LogP) is 4.14. The van der Waals surface area contributed by atoms with Crippen LogP contribution in [-0.2, 0) is 0 Å². The number of carbonyl (C=O) groups excluding carboxylic acids is 1. The zero-order chi connectivity index (χ0) is 14.6. The van der Waals surface area contributed by atoms with Gasteiger partial charge in [0.05, 0.1) is 10.0 Å². The lowest BCUT2D eigenvalue weighted by Gasteiger charge is -2.32. The first-order valence-electron chi connectivity index (χ1n) is 7.90. The summed E-state index contributed by atoms with van der Waals surface area (Å²) in [5.41, 5.74) is 0.403. The van der Waals surface area contributed by atoms with Gasteiger partial charge in [-0.25, -0.2) is 4.39 Å². The maximum atomic E-state index is 13.6. The highest BCUT2D eigenvalue weighted by Gasteiger charge is 2.54. The second-order valence-corrected chi connectivity index (χ2v) is 7.63. The van der Waals surface area contributed by atoms with Crippen molar-refractivity contribution in [3.63, 3.8) is 0 Å². The Hall–Kier alpha value is -0.900. The minimum absolute atomic E-state index is 0.145. The number of hydrogen-bond acceptors (Lipinski definition) is 1. The summed E-state index contributed by atoms with van der Waals surface area (Å²) >= 11 is 3.18. The number of halogens is 2. The average molecular weight is 352 g/mol. The molecular formula is C17H19BrFNO. The smallest absolute Gasteiger partial charge is 0.252 e. The van der Waals surface area contributed by atoms with Crippen LogP contribution in [0.3, 0.4) is 0 Å². The van der Waals surface area contributed by atoms with E-state index < -0.39 is 0 Å². The standard InChI is InChI=1S/C17H19BrFNO/c18-16-12(5-2-6-14(16)19)17(21)20-15-8-9-7-13(15)11-4-1-3-10(9)11/h2,5-6,9-11,13,15H,1,3-4,7-8H2,(H,20,21). The Bertz CT molecular complexity index is 590. The van der Waals surface area contributed by atoms with Crippen LogP contribution in [0.5, 0.6) is 0 Å². The molecule has 3 aliphatic rings. The molecule has 0 aliphatic heterocycles. The molecule has 4 rings (SSSR count). The van der Waals surface area contributed by atoms with Crippen molar-refractivity contribution in [2.75, 3.05) is 0 Å². The molecule has 0 saturated heterocycles. The van der Waals surface area contributed by atoms with Crippen LogP contribution >= 0.6 is 15.9 Å². The number of hydrogen-bond donors (Lipinski definition) is 1. The Morgan fingerprint density at radius 3 is 2.86 bits per heavy atom. The molecule has 0 heterocycles. The first kappa shape index (κ1) is 13.7. The van der Waals surface area contributed by atoms with Crippen LogP contribution in [0.25, 0.3) is 0 Å². The summed E-state index contributed by atoms with van der Waals surface area (Å²) in [6.45, 7) is 0. The maximum Gasteiger partial charge on any atom is 0.252 e. The molecule has 5 atom stereocenters. The van der Waals surface area contributed by atoms with Gasteiger partial charge in [0.25, 0.3) is 5.91 Å². The summed E-state index contributed by atoms with van der Waals surface area (Å²) in [6.07, 6.45) is 6.48. The molecule has 2 bridgehead atoms. The van der Waals surface area contributed by atoms with Crippen molar-refractivity contribution < 1.29 is 9.18 Å². The van der Waals surface area contributed by atoms with Crippen LogP contribution in [0, 0.1) is 29.5 Å². The third kappa shape index (κ3) is 2.14. The van der Waals surface area contributed by atoms with Gasteiger partial charge in [0.2, 0.25) is 0 Å². The van der Waals surface area contributed by atoms with Gasteiger partial charge in [-0.15, -0.1) is 0 Å². The summed E-state index contributed by atoms with van der Waals surface area (Å²) in [5.74, 6) is 2.68. The zero-order valence-corrected chi connectivity index (χ0v) is 13.4. The van der Waals surface area contributed by atoms with Gasteiger partial charge in [0, 0.05) is 6.04 Å². The molecule has 1 aromatic rings. The van der Waals surface area contributed by atoms with Gasteiger partial charge in [-0.2, -0.15) is 0 Å². The highest BCUT2D eigenvalue weighted by atomic mass is 79.9. The SMILES string of the molecule is O=C(NC1CC2CC1C1CCCC21)c1cccc(F)c1Br. The fourth-order valence-corrected chi connectivity index (χ4v) is 5.60. The zero-order valence-electron chi connectivity index (χ0n) is 11.8. The molecule has 2 nitrogen and oxygen atoms in total. The molecule has 3 aliphatic carbocycles. The van der Waals surface area contributed by atoms with Crippen LogP contribution in [0.15, 0.2) is 22.7 Å². The van der Waals surface area contributed by atoms with Crippen molar-refractivity contribution in [1.82, 2.24) is 5.32 Å². The van der Waals surface area contributed by atoms with E-state index >= 15 is 0 Å². The Morgan fingerprint density at radius 2 is 2.00 bits per heavy atom. The lowest BCUT2D eigenvalue weighted by molar-refractivity contribution is 0.0900. The van der Waals surface area contributed by atoms with Crippen LogP contribution in [0.4, 0.5) is 4.39 Å². The van der Waals surface area contributed by atoms with E-state index in [-0.39, 0.29) is 22.2 Å². The fourth-order valence-electron chi connectivity index (χ4n) is 5.16. The molecule has 1 aromatic carbocycles. The summed E-state index contributed by atoms with van der Waals surface area (Å²) in [4.78, 5) is 12.4. The number of nitrogens with one attached hydrogen (secondary N) is 1. The Balaban J connectivity index is 1.50. The number of fused-ring (bicyclic) bond motifs is 5. The Morgan fingerprint density at radius 1 is 1.19 bits per heavy atom. The Labute approximate surface area is 132 Å². The third-order valence-electron chi connectivity index (χ3n) is 5.94. The monoisotopic (exact) mass is 351 g/mol. The van der Waals surface area contributed by atoms with E-state index in [1.165, 1.54) is 31.7 Å². The number of carbonyl (C=O) groups is 1. The maximum absolute atomic E-state index is 13.6. The van der Waals surface area contributed by atoms with Crippen molar-refractivity contribution in [2.24, 2.45) is 23.7 Å². The minimum atomic E-state index is -0.383. The molecule has 1 amide bonds. The fraction of sp³-hybridized carbons (Fsp3) is 0.588. The highest BCUT2D eigenvalue weighted by Crippen LogP contribution is 2.58. The van der Waals surface area contributed by atoms with E-state index in [0.717, 1.165) is 24.2 Å². The second kappa shape index (κ2) is 5.08. The molecule has 0 spiro atoms. The third-order valence-corrected chi connectivity index (χ3v) is 6.75. The van der Waals surface area contributed by atoms with Gasteiger partial charge in [-0.05, 0) is 77.4 Å². The van der Waals surface area contributed by atoms with Crippen molar-refractivity contribution in [3.05, 3.63) is 34.1 Å². The van der Waals surface area contributed by atoms with Crippen molar-refractivity contribution in [2.45, 2.75) is 38.1 Å². The topological polar surface area (TPSA) is 29.1 Å². The number of benzene rings is 1. The normalized spacial score (nSPS) is 36.8. The number of amides is 1. The van der Waals surface area contributed by atoms with Gasteiger partial charge in [-0.3, -0.25) is 4.79 Å². The van der Waals surface area contributed by atoms with Gasteiger partial charge < -0.3 is 5.32 Å². The van der Waals surface area contributed by atoms with Crippen molar-refractivity contribution >= 4 is 21.8 Å². The lowest BCUT2D eigenvalue weighted by Crippen LogP contribution is -2.42. The molecule has 4 heteroatoms. The summed E-state index contributed by atoms with van der Waals surface area (Å²) < 4.78 is 13.8. The van der Waals surface area contributed by atoms with Gasteiger partial charge in [-0.1, -0.05) is 12.5 Å². The van der Waals surface area contributed by atoms with Crippen molar-refractivity contribution in [3.8, 4) is 0 Å². The van der Waals surface area contributed by atoms with Gasteiger partial charge in [0.1, 0.15) is 5.82 Å². The van der Waals surface area contributed by atoms with E-state index in [1.54, 1.807) is 12.1 Å². The molecule has 1 N–H and O–H groups in total. The van der Waals surface area contributed by atoms with E-state index in [2.05, 4.69) is 21.2 Å². The van der Waals surface area contributed by atoms with Crippen LogP contribution in [-0.4, -0.2) is 11.9 Å². The average Bonchev–Trinajstić information content (AvgIpc) is 3.13. The largest absolute Gasteiger partial charge is 0.349 e. The van der Waals surface area contributed by atoms with Gasteiger partial charge >= 0.3 is 0 Å². The van der Waals surface area contributed by atoms with Gasteiger partial charge in [0.15, 0.2) is 0 Å². The summed E-state index contributed by atoms with van der Waals surface area (Å²) in [5, 5.41) is 3.17. The molecule has 3 saturated carbocycles. The van der Waals surface area contributed by atoms with E-state index in [0.29, 0.717) is 11.5 Å². The minimum Gasteiger partial charge on any atom is -0.349 e. The van der Waals surface area contributed by atoms with E-state index in [4.69, 9.17) is 0 Å². The summed E-state index contributed by atoms with van der Waals surface area (Å²) in [6, 6.07) is 4.91. The van der Waals surface area contributed by atoms with E-state index in [1.807, 2.05) is 0 Å². The Kier molecular flexibility index (Phi) is 3.32. The van der Waals surface area contributed by atoms with Crippen LogP contribution < -0.4 is 5.32 Å². The molecule has 112 valence electrons. The molecular weight excluding hydrogens is 333 g/mol. The van der Waals surface area contributed by atoms with Crippen LogP contribution in [0.2, 0.25) is 0 Å². The quantitative estimate of drug-likeness (QED) is 0.852. The van der Waals surface area contributed by atoms with Crippen LogP contribution in [0.1, 0.15) is 42.5 Å². The predicted molar refractivity (Wildman–Crippen MR) is 82.4 cm³/mol. The number of rotatable bonds is 2. The lowest BCUT2D eigenvalue weighted by atomic mass is 9.79. The molecule has 3 fully saturated rings. The van der Waals surface area contributed by atoms with E-state index in [9.17, 15) is 9.18 Å². The molecule has 21 heavy (non-hydrogen) atoms. The summed E-state index contributed by atoms with van der Waals surface area (Å²) in [7, 11) is 0. The molecule has 0 aromatic heterocycles. The first-order valence-corrected chi connectivity index (χ1v) is 8.69. The first-order chi connectivity index (χ1) is 10.1. The van der Waals surface area contributed by atoms with Crippen molar-refractivity contribution in [1.29, 1.82) is 0 Å². The molecule has 0 radical (unpaired) electrons. The molecule has 5 unspecified atom stereocenters. The second-order valence-electron chi connectivity index (χ2n) is 6.84. The highest BCUT2D eigenvalue weighted by molar-refractivity contribution is 9.10.